The Kier molecular flexibility index (Phi) is 4.87. The highest BCUT2D eigenvalue weighted by Crippen LogP contribution is 2.33. The van der Waals surface area contributed by atoms with Gasteiger partial charge in [0.15, 0.2) is 0 Å². The first-order valence-corrected chi connectivity index (χ1v) is 8.18. The smallest absolute Gasteiger partial charge is 0.278 e. The third-order valence-electron chi connectivity index (χ3n) is 3.72. The fourth-order valence-electron chi connectivity index (χ4n) is 2.54. The van der Waals surface area contributed by atoms with E-state index in [1.165, 1.54) is 0 Å². The van der Waals surface area contributed by atoms with E-state index in [1.807, 2.05) is 12.1 Å². The van der Waals surface area contributed by atoms with Crippen molar-refractivity contribution in [2.45, 2.75) is 4.90 Å². The molecule has 6 nitrogen and oxygen atoms in total. The molecule has 0 unspecified atom stereocenters. The lowest BCUT2D eigenvalue weighted by molar-refractivity contribution is -0.383. The number of morpholine rings is 1. The molecule has 7 heteroatoms. The maximum atomic E-state index is 11.1. The van der Waals surface area contributed by atoms with Gasteiger partial charge in [-0.25, -0.2) is 0 Å². The molecule has 1 saturated heterocycles. The highest BCUT2D eigenvalue weighted by Gasteiger charge is 2.15. The zero-order valence-corrected chi connectivity index (χ0v) is 12.9. The van der Waals surface area contributed by atoms with E-state index in [4.69, 9.17) is 4.74 Å². The number of rotatable bonds is 5. The number of nitrogens with zero attached hydrogens (tertiary/aromatic N) is 3. The lowest BCUT2D eigenvalue weighted by Gasteiger charge is -2.26. The van der Waals surface area contributed by atoms with Gasteiger partial charge in [-0.15, -0.1) is 11.8 Å². The van der Waals surface area contributed by atoms with Crippen LogP contribution in [0.15, 0.2) is 35.5 Å². The quantitative estimate of drug-likeness (QED) is 0.479. The first kappa shape index (κ1) is 15.2. The van der Waals surface area contributed by atoms with Crippen LogP contribution in [0.25, 0.3) is 10.8 Å². The Bertz CT molecular complexity index is 674. The van der Waals surface area contributed by atoms with Crippen molar-refractivity contribution < 1.29 is 9.66 Å². The summed E-state index contributed by atoms with van der Waals surface area (Å²) in [5, 5.41) is 12.6. The Hall–Kier alpha value is -1.70. The molecule has 1 aromatic carbocycles. The summed E-state index contributed by atoms with van der Waals surface area (Å²) in [4.78, 5) is 18.2. The minimum atomic E-state index is -0.355. The van der Waals surface area contributed by atoms with Gasteiger partial charge in [-0.05, 0) is 12.1 Å². The second-order valence-corrected chi connectivity index (χ2v) is 6.20. The monoisotopic (exact) mass is 319 g/mol. The molecule has 116 valence electrons. The van der Waals surface area contributed by atoms with E-state index in [2.05, 4.69) is 9.88 Å². The number of nitro groups is 1. The summed E-state index contributed by atoms with van der Waals surface area (Å²) in [5.74, 6) is 0.954. The number of ether oxygens (including phenoxy) is 1. The van der Waals surface area contributed by atoms with Gasteiger partial charge in [0.25, 0.3) is 5.69 Å². The van der Waals surface area contributed by atoms with Crippen LogP contribution < -0.4 is 0 Å². The number of nitro benzene ring substituents is 1. The molecule has 0 aliphatic carbocycles. The lowest BCUT2D eigenvalue weighted by Crippen LogP contribution is -2.37. The number of benzene rings is 1. The molecular weight excluding hydrogens is 302 g/mol. The van der Waals surface area contributed by atoms with Crippen molar-refractivity contribution in [1.29, 1.82) is 0 Å². The van der Waals surface area contributed by atoms with Gasteiger partial charge in [-0.3, -0.25) is 20.0 Å². The summed E-state index contributed by atoms with van der Waals surface area (Å²) in [7, 11) is 0. The molecule has 1 aromatic heterocycles. The number of thioether (sulfide) groups is 1. The fraction of sp³-hybridized carbons (Fsp3) is 0.400. The first-order chi connectivity index (χ1) is 10.8. The van der Waals surface area contributed by atoms with Gasteiger partial charge in [0.1, 0.15) is 0 Å². The van der Waals surface area contributed by atoms with Crippen LogP contribution in [0.4, 0.5) is 5.69 Å². The number of fused-ring (bicyclic) bond motifs is 1. The molecular formula is C15H17N3O3S. The van der Waals surface area contributed by atoms with E-state index in [-0.39, 0.29) is 10.6 Å². The first-order valence-electron chi connectivity index (χ1n) is 7.20. The van der Waals surface area contributed by atoms with Crippen molar-refractivity contribution in [3.05, 3.63) is 40.7 Å². The summed E-state index contributed by atoms with van der Waals surface area (Å²) in [6, 6.07) is 5.25. The predicted molar refractivity (Wildman–Crippen MR) is 86.4 cm³/mol. The summed E-state index contributed by atoms with van der Waals surface area (Å²) in [5.41, 5.74) is 0.112. The van der Waals surface area contributed by atoms with Gasteiger partial charge in [-0.1, -0.05) is 0 Å². The molecule has 1 aliphatic heterocycles. The maximum absolute atomic E-state index is 11.1. The Morgan fingerprint density at radius 1 is 1.27 bits per heavy atom. The zero-order valence-electron chi connectivity index (χ0n) is 12.1. The van der Waals surface area contributed by atoms with Crippen LogP contribution in [0.2, 0.25) is 0 Å². The lowest BCUT2D eigenvalue weighted by atomic mass is 10.1. The van der Waals surface area contributed by atoms with Crippen molar-refractivity contribution in [3.8, 4) is 0 Å². The van der Waals surface area contributed by atoms with Crippen LogP contribution in [-0.2, 0) is 4.74 Å². The summed E-state index contributed by atoms with van der Waals surface area (Å²) in [6.45, 7) is 4.56. The molecule has 0 saturated carbocycles. The topological polar surface area (TPSA) is 68.5 Å². The molecule has 3 rings (SSSR count). The van der Waals surface area contributed by atoms with Crippen molar-refractivity contribution >= 4 is 28.2 Å². The highest BCUT2D eigenvalue weighted by atomic mass is 32.2. The maximum Gasteiger partial charge on any atom is 0.278 e. The molecule has 0 spiro atoms. The van der Waals surface area contributed by atoms with Crippen molar-refractivity contribution in [1.82, 2.24) is 9.88 Å². The highest BCUT2D eigenvalue weighted by molar-refractivity contribution is 7.99. The van der Waals surface area contributed by atoms with Crippen LogP contribution in [0.3, 0.4) is 0 Å². The Labute approximate surface area is 132 Å². The average molecular weight is 319 g/mol. The van der Waals surface area contributed by atoms with E-state index in [1.54, 1.807) is 30.2 Å². The van der Waals surface area contributed by atoms with Gasteiger partial charge in [-0.2, -0.15) is 0 Å². The molecule has 22 heavy (non-hydrogen) atoms. The Balaban J connectivity index is 1.73. The number of hydrogen-bond acceptors (Lipinski definition) is 6. The van der Waals surface area contributed by atoms with Gasteiger partial charge >= 0.3 is 0 Å². The van der Waals surface area contributed by atoms with Crippen LogP contribution in [-0.4, -0.2) is 53.4 Å². The van der Waals surface area contributed by atoms with Crippen molar-refractivity contribution in [2.75, 3.05) is 38.6 Å². The number of aromatic nitrogens is 1. The van der Waals surface area contributed by atoms with Gasteiger partial charge in [0.05, 0.1) is 23.5 Å². The summed E-state index contributed by atoms with van der Waals surface area (Å²) in [6.07, 6.45) is 3.25. The van der Waals surface area contributed by atoms with Gasteiger partial charge in [0.2, 0.25) is 0 Å². The minimum absolute atomic E-state index is 0.112. The Morgan fingerprint density at radius 3 is 2.86 bits per heavy atom. The van der Waals surface area contributed by atoms with Gasteiger partial charge in [0, 0.05) is 54.1 Å². The number of hydrogen-bond donors (Lipinski definition) is 0. The molecule has 1 aliphatic rings. The summed E-state index contributed by atoms with van der Waals surface area (Å²) < 4.78 is 5.34. The van der Waals surface area contributed by atoms with Crippen LogP contribution in [0.1, 0.15) is 0 Å². The SMILES string of the molecule is O=[N+]([O-])c1ccc(SCCN2CCOCC2)c2ccncc12. The predicted octanol–water partition coefficient (Wildman–Crippen LogP) is 2.57. The molecule has 2 heterocycles. The molecule has 0 atom stereocenters. The summed E-state index contributed by atoms with van der Waals surface area (Å²) >= 11 is 1.73. The van der Waals surface area contributed by atoms with Crippen LogP contribution >= 0.6 is 11.8 Å². The van der Waals surface area contributed by atoms with Crippen molar-refractivity contribution in [3.63, 3.8) is 0 Å². The van der Waals surface area contributed by atoms with E-state index in [0.717, 1.165) is 48.9 Å². The second-order valence-electron chi connectivity index (χ2n) is 5.06. The molecule has 0 radical (unpaired) electrons. The van der Waals surface area contributed by atoms with E-state index in [0.29, 0.717) is 5.39 Å². The zero-order chi connectivity index (χ0) is 15.4. The van der Waals surface area contributed by atoms with Crippen molar-refractivity contribution in [2.24, 2.45) is 0 Å². The normalized spacial score (nSPS) is 16.0. The van der Waals surface area contributed by atoms with E-state index < -0.39 is 0 Å². The largest absolute Gasteiger partial charge is 0.379 e. The van der Waals surface area contributed by atoms with Crippen LogP contribution in [0, 0.1) is 10.1 Å². The third kappa shape index (κ3) is 3.37. The average Bonchev–Trinajstić information content (AvgIpc) is 2.55. The minimum Gasteiger partial charge on any atom is -0.379 e. The van der Waals surface area contributed by atoms with Crippen LogP contribution in [0.5, 0.6) is 0 Å². The second kappa shape index (κ2) is 7.04. The Morgan fingerprint density at radius 2 is 2.09 bits per heavy atom. The third-order valence-corrected chi connectivity index (χ3v) is 4.77. The van der Waals surface area contributed by atoms with Gasteiger partial charge < -0.3 is 4.74 Å². The number of pyridine rings is 1. The molecule has 1 fully saturated rings. The van der Waals surface area contributed by atoms with E-state index in [9.17, 15) is 10.1 Å². The number of non-ortho nitro benzene ring substituents is 1. The molecule has 0 N–H and O–H groups in total. The fourth-order valence-corrected chi connectivity index (χ4v) is 3.61. The molecule has 2 aromatic rings. The standard InChI is InChI=1S/C15H17N3O3S/c19-18(20)14-1-2-15(12-3-4-16-11-13(12)14)22-10-7-17-5-8-21-9-6-17/h1-4,11H,5-10H2. The van der Waals surface area contributed by atoms with E-state index >= 15 is 0 Å². The molecule has 0 bridgehead atoms. The molecule has 0 amide bonds.